The molecular weight excluding hydrogens is 322 g/mol. The summed E-state index contributed by atoms with van der Waals surface area (Å²) in [7, 11) is -3.70. The number of thiophene rings is 1. The highest BCUT2D eigenvalue weighted by molar-refractivity contribution is 7.94. The second kappa shape index (κ2) is 5.70. The van der Waals surface area contributed by atoms with Gasteiger partial charge >= 0.3 is 0 Å². The van der Waals surface area contributed by atoms with Crippen molar-refractivity contribution in [2.24, 2.45) is 10.9 Å². The van der Waals surface area contributed by atoms with E-state index >= 15 is 0 Å². The minimum absolute atomic E-state index is 0.106. The van der Waals surface area contributed by atoms with Gasteiger partial charge in [0.25, 0.3) is 10.0 Å². The Labute approximate surface area is 124 Å². The van der Waals surface area contributed by atoms with Gasteiger partial charge in [0.1, 0.15) is 4.21 Å². The molecule has 0 atom stereocenters. The minimum Gasteiger partial charge on any atom is -0.409 e. The number of halogens is 1. The van der Waals surface area contributed by atoms with Crippen LogP contribution in [0.3, 0.4) is 0 Å². The van der Waals surface area contributed by atoms with Crippen molar-refractivity contribution < 1.29 is 13.6 Å². The quantitative estimate of drug-likeness (QED) is 0.346. The number of sulfonamides is 1. The van der Waals surface area contributed by atoms with Crippen LogP contribution < -0.4 is 10.5 Å². The number of nitrogens with zero attached hydrogens (tertiary/aromatic N) is 1. The van der Waals surface area contributed by atoms with E-state index in [1.807, 2.05) is 0 Å². The van der Waals surface area contributed by atoms with Gasteiger partial charge < -0.3 is 10.9 Å². The van der Waals surface area contributed by atoms with E-state index in [0.717, 1.165) is 11.3 Å². The van der Waals surface area contributed by atoms with E-state index in [9.17, 15) is 8.42 Å². The molecule has 1 aromatic heterocycles. The number of hydrogen-bond donors (Lipinski definition) is 3. The lowest BCUT2D eigenvalue weighted by Crippen LogP contribution is -2.15. The fourth-order valence-corrected chi connectivity index (χ4v) is 3.98. The molecule has 0 saturated heterocycles. The molecule has 0 aliphatic rings. The number of amidine groups is 1. The Morgan fingerprint density at radius 2 is 2.10 bits per heavy atom. The molecule has 0 radical (unpaired) electrons. The lowest BCUT2D eigenvalue weighted by atomic mass is 10.2. The van der Waals surface area contributed by atoms with E-state index in [2.05, 4.69) is 9.88 Å². The van der Waals surface area contributed by atoms with Gasteiger partial charge in [-0.05, 0) is 24.3 Å². The molecule has 1 heterocycles. The third kappa shape index (κ3) is 3.21. The van der Waals surface area contributed by atoms with E-state index in [1.165, 1.54) is 18.2 Å². The number of anilines is 1. The van der Waals surface area contributed by atoms with Crippen LogP contribution in [0, 0.1) is 0 Å². The first kappa shape index (κ1) is 14.6. The van der Waals surface area contributed by atoms with Crippen LogP contribution in [0.25, 0.3) is 0 Å². The topological polar surface area (TPSA) is 105 Å². The maximum absolute atomic E-state index is 12.1. The molecule has 0 unspecified atom stereocenters. The lowest BCUT2D eigenvalue weighted by molar-refractivity contribution is 0.318. The van der Waals surface area contributed by atoms with E-state index < -0.39 is 10.0 Å². The van der Waals surface area contributed by atoms with Crippen LogP contribution in [0.4, 0.5) is 5.69 Å². The van der Waals surface area contributed by atoms with Gasteiger partial charge in [0.2, 0.25) is 0 Å². The second-order valence-corrected chi connectivity index (χ2v) is 7.35. The highest BCUT2D eigenvalue weighted by atomic mass is 35.5. The largest absolute Gasteiger partial charge is 0.409 e. The molecule has 4 N–H and O–H groups in total. The average molecular weight is 332 g/mol. The highest BCUT2D eigenvalue weighted by Gasteiger charge is 2.17. The van der Waals surface area contributed by atoms with Crippen LogP contribution in [-0.2, 0) is 10.0 Å². The average Bonchev–Trinajstić information content (AvgIpc) is 2.85. The fraction of sp³-hybridized carbons (Fsp3) is 0. The standard InChI is InChI=1S/C11H10ClN3O3S2/c12-9-4-5-10(19-9)20(17,18)15-8-3-1-2-7(6-8)11(13)14-16/h1-6,15-16H,(H2,13,14). The Hall–Kier alpha value is -1.77. The van der Waals surface area contributed by atoms with Crippen molar-refractivity contribution in [1.82, 2.24) is 0 Å². The van der Waals surface area contributed by atoms with Crippen LogP contribution in [-0.4, -0.2) is 19.5 Å². The number of oxime groups is 1. The van der Waals surface area contributed by atoms with E-state index in [0.29, 0.717) is 15.6 Å². The Bertz CT molecular complexity index is 756. The summed E-state index contributed by atoms with van der Waals surface area (Å²) in [6.07, 6.45) is 0. The molecule has 0 saturated carbocycles. The van der Waals surface area contributed by atoms with E-state index in [1.54, 1.807) is 18.2 Å². The first-order valence-corrected chi connectivity index (χ1v) is 7.96. The van der Waals surface area contributed by atoms with Gasteiger partial charge in [-0.2, -0.15) is 0 Å². The van der Waals surface area contributed by atoms with Gasteiger partial charge in [-0.3, -0.25) is 4.72 Å². The summed E-state index contributed by atoms with van der Waals surface area (Å²) in [5.74, 6) is -0.106. The number of nitrogens with one attached hydrogen (secondary N) is 1. The summed E-state index contributed by atoms with van der Waals surface area (Å²) < 4.78 is 27.1. The van der Waals surface area contributed by atoms with Crippen LogP contribution >= 0.6 is 22.9 Å². The molecule has 2 aromatic rings. The summed E-state index contributed by atoms with van der Waals surface area (Å²) in [6, 6.07) is 9.13. The zero-order chi connectivity index (χ0) is 14.8. The predicted octanol–water partition coefficient (Wildman–Crippen LogP) is 2.30. The third-order valence-electron chi connectivity index (χ3n) is 2.33. The van der Waals surface area contributed by atoms with Gasteiger partial charge in [0.05, 0.1) is 4.34 Å². The maximum Gasteiger partial charge on any atom is 0.271 e. The molecule has 0 amide bonds. The minimum atomic E-state index is -3.70. The van der Waals surface area contributed by atoms with Crippen molar-refractivity contribution in [1.29, 1.82) is 0 Å². The first-order chi connectivity index (χ1) is 9.42. The Morgan fingerprint density at radius 1 is 1.35 bits per heavy atom. The fourth-order valence-electron chi connectivity index (χ4n) is 1.45. The van der Waals surface area contributed by atoms with E-state index in [-0.39, 0.29) is 10.0 Å². The zero-order valence-electron chi connectivity index (χ0n) is 9.95. The molecule has 2 rings (SSSR count). The third-order valence-corrected chi connectivity index (χ3v) is 5.44. The molecule has 0 fully saturated rings. The summed E-state index contributed by atoms with van der Waals surface area (Å²) in [5.41, 5.74) is 6.15. The monoisotopic (exact) mass is 331 g/mol. The van der Waals surface area contributed by atoms with Crippen LogP contribution in [0.15, 0.2) is 45.8 Å². The number of rotatable bonds is 4. The molecule has 20 heavy (non-hydrogen) atoms. The number of nitrogens with two attached hydrogens (primary N) is 1. The first-order valence-electron chi connectivity index (χ1n) is 5.28. The molecule has 6 nitrogen and oxygen atoms in total. The van der Waals surface area contributed by atoms with Crippen molar-refractivity contribution >= 4 is 44.5 Å². The molecular formula is C11H10ClN3O3S2. The summed E-state index contributed by atoms with van der Waals surface area (Å²) in [5, 5.41) is 11.5. The molecule has 0 bridgehead atoms. The van der Waals surface area contributed by atoms with Crippen LogP contribution in [0.2, 0.25) is 4.34 Å². The van der Waals surface area contributed by atoms with Crippen molar-refractivity contribution in [3.8, 4) is 0 Å². The van der Waals surface area contributed by atoms with E-state index in [4.69, 9.17) is 22.5 Å². The van der Waals surface area contributed by atoms with Crippen molar-refractivity contribution in [3.63, 3.8) is 0 Å². The van der Waals surface area contributed by atoms with Gasteiger partial charge in [0.15, 0.2) is 5.84 Å². The highest BCUT2D eigenvalue weighted by Crippen LogP contribution is 2.27. The zero-order valence-corrected chi connectivity index (χ0v) is 12.3. The Balaban J connectivity index is 2.30. The Kier molecular flexibility index (Phi) is 4.17. The van der Waals surface area contributed by atoms with Gasteiger partial charge in [-0.1, -0.05) is 28.9 Å². The molecule has 0 aliphatic carbocycles. The SMILES string of the molecule is N/C(=N/O)c1cccc(NS(=O)(=O)c2ccc(Cl)s2)c1. The normalized spacial score (nSPS) is 12.3. The van der Waals surface area contributed by atoms with Gasteiger partial charge in [0, 0.05) is 11.3 Å². The van der Waals surface area contributed by atoms with Crippen molar-refractivity contribution in [2.45, 2.75) is 4.21 Å². The Morgan fingerprint density at radius 3 is 2.70 bits per heavy atom. The van der Waals surface area contributed by atoms with Gasteiger partial charge in [-0.25, -0.2) is 8.42 Å². The summed E-state index contributed by atoms with van der Waals surface area (Å²) in [4.78, 5) is 0. The number of hydrogen-bond acceptors (Lipinski definition) is 5. The molecule has 0 spiro atoms. The lowest BCUT2D eigenvalue weighted by Gasteiger charge is -2.07. The molecule has 1 aromatic carbocycles. The van der Waals surface area contributed by atoms with Crippen LogP contribution in [0.1, 0.15) is 5.56 Å². The van der Waals surface area contributed by atoms with Crippen LogP contribution in [0.5, 0.6) is 0 Å². The van der Waals surface area contributed by atoms with Crippen molar-refractivity contribution in [3.05, 3.63) is 46.3 Å². The molecule has 9 heteroatoms. The predicted molar refractivity (Wildman–Crippen MR) is 79.1 cm³/mol. The number of benzene rings is 1. The summed E-state index contributed by atoms with van der Waals surface area (Å²) >= 11 is 6.68. The van der Waals surface area contributed by atoms with Crippen molar-refractivity contribution in [2.75, 3.05) is 4.72 Å². The summed E-state index contributed by atoms with van der Waals surface area (Å²) in [6.45, 7) is 0. The smallest absolute Gasteiger partial charge is 0.271 e. The molecule has 0 aliphatic heterocycles. The second-order valence-electron chi connectivity index (χ2n) is 3.73. The maximum atomic E-state index is 12.1. The molecule has 106 valence electrons. The van der Waals surface area contributed by atoms with Gasteiger partial charge in [-0.15, -0.1) is 11.3 Å².